The van der Waals surface area contributed by atoms with Gasteiger partial charge in [0.1, 0.15) is 11.8 Å². The number of carbonyl (C=O) groups is 2. The molecule has 0 heterocycles. The van der Waals surface area contributed by atoms with Crippen molar-refractivity contribution in [3.05, 3.63) is 63.1 Å². The summed E-state index contributed by atoms with van der Waals surface area (Å²) in [5.74, 6) is 0.0583. The highest BCUT2D eigenvalue weighted by Crippen LogP contribution is 2.22. The van der Waals surface area contributed by atoms with Crippen molar-refractivity contribution in [3.63, 3.8) is 0 Å². The third-order valence-corrected chi connectivity index (χ3v) is 5.71. The highest BCUT2D eigenvalue weighted by atomic mass is 79.9. The lowest BCUT2D eigenvalue weighted by Crippen LogP contribution is -2.53. The molecule has 162 valence electrons. The van der Waals surface area contributed by atoms with E-state index in [1.165, 1.54) is 4.90 Å². The van der Waals surface area contributed by atoms with Crippen LogP contribution in [0.1, 0.15) is 38.8 Å². The maximum Gasteiger partial charge on any atom is 0.261 e. The number of rotatable bonds is 7. The van der Waals surface area contributed by atoms with E-state index in [1.807, 2.05) is 58.0 Å². The second kappa shape index (κ2) is 10.3. The van der Waals surface area contributed by atoms with Gasteiger partial charge in [-0.05, 0) is 70.0 Å². The van der Waals surface area contributed by atoms with Crippen molar-refractivity contribution < 1.29 is 14.3 Å². The van der Waals surface area contributed by atoms with Crippen LogP contribution in [0.3, 0.4) is 0 Å². The molecule has 2 amide bonds. The zero-order chi connectivity index (χ0) is 22.5. The Balaban J connectivity index is 2.20. The maximum absolute atomic E-state index is 13.1. The molecule has 7 heteroatoms. The standard InChI is InChI=1S/C23H28BrClN2O3/c1-15-12-18(10-11-19(15)24)30-14-21(28)27(13-17-8-6-7-9-20(17)25)16(2)22(29)26-23(3,4)5/h6-12,16H,13-14H2,1-5H3,(H,26,29)/t16-/m1/s1. The van der Waals surface area contributed by atoms with E-state index in [2.05, 4.69) is 21.2 Å². The summed E-state index contributed by atoms with van der Waals surface area (Å²) in [6.45, 7) is 9.38. The van der Waals surface area contributed by atoms with Crippen LogP contribution in [0.2, 0.25) is 5.02 Å². The van der Waals surface area contributed by atoms with Crippen LogP contribution < -0.4 is 10.1 Å². The van der Waals surface area contributed by atoms with Gasteiger partial charge in [0, 0.05) is 21.6 Å². The molecule has 2 rings (SSSR count). The van der Waals surface area contributed by atoms with Gasteiger partial charge in [0.2, 0.25) is 5.91 Å². The number of carbonyl (C=O) groups excluding carboxylic acids is 2. The molecule has 30 heavy (non-hydrogen) atoms. The normalized spacial score (nSPS) is 12.2. The minimum atomic E-state index is -0.691. The van der Waals surface area contributed by atoms with Gasteiger partial charge >= 0.3 is 0 Å². The Morgan fingerprint density at radius 2 is 1.87 bits per heavy atom. The van der Waals surface area contributed by atoms with E-state index < -0.39 is 11.6 Å². The molecule has 1 atom stereocenters. The van der Waals surface area contributed by atoms with E-state index >= 15 is 0 Å². The molecule has 0 aliphatic carbocycles. The van der Waals surface area contributed by atoms with Crippen LogP contribution >= 0.6 is 27.5 Å². The first-order chi connectivity index (χ1) is 14.0. The largest absolute Gasteiger partial charge is 0.484 e. The number of halogens is 2. The first kappa shape index (κ1) is 24.2. The lowest BCUT2D eigenvalue weighted by atomic mass is 10.1. The van der Waals surface area contributed by atoms with Crippen LogP contribution in [-0.2, 0) is 16.1 Å². The van der Waals surface area contributed by atoms with Gasteiger partial charge in [-0.15, -0.1) is 0 Å². The highest BCUT2D eigenvalue weighted by molar-refractivity contribution is 9.10. The molecule has 0 saturated carbocycles. The topological polar surface area (TPSA) is 58.6 Å². The van der Waals surface area contributed by atoms with Gasteiger partial charge in [-0.2, -0.15) is 0 Å². The molecule has 0 radical (unpaired) electrons. The average Bonchev–Trinajstić information content (AvgIpc) is 2.66. The first-order valence-corrected chi connectivity index (χ1v) is 10.9. The fourth-order valence-electron chi connectivity index (χ4n) is 2.80. The van der Waals surface area contributed by atoms with Crippen LogP contribution in [0.5, 0.6) is 5.75 Å². The molecule has 0 aliphatic rings. The second-order valence-corrected chi connectivity index (χ2v) is 9.49. The molecule has 0 saturated heterocycles. The molecule has 0 aromatic heterocycles. The molecular weight excluding hydrogens is 468 g/mol. The summed E-state index contributed by atoms with van der Waals surface area (Å²) in [7, 11) is 0. The van der Waals surface area contributed by atoms with Gasteiger partial charge in [0.15, 0.2) is 6.61 Å². The number of amides is 2. The molecule has 5 nitrogen and oxygen atoms in total. The number of nitrogens with zero attached hydrogens (tertiary/aromatic N) is 1. The predicted octanol–water partition coefficient (Wildman–Crippen LogP) is 5.12. The SMILES string of the molecule is Cc1cc(OCC(=O)N(Cc2ccccc2Cl)[C@H](C)C(=O)NC(C)(C)C)ccc1Br. The van der Waals surface area contributed by atoms with E-state index in [-0.39, 0.29) is 25.0 Å². The summed E-state index contributed by atoms with van der Waals surface area (Å²) < 4.78 is 6.67. The summed E-state index contributed by atoms with van der Waals surface area (Å²) in [5, 5.41) is 3.47. The Labute approximate surface area is 191 Å². The first-order valence-electron chi connectivity index (χ1n) is 9.72. The zero-order valence-corrected chi connectivity index (χ0v) is 20.3. The lowest BCUT2D eigenvalue weighted by molar-refractivity contribution is -0.142. The van der Waals surface area contributed by atoms with Crippen LogP contribution in [0.25, 0.3) is 0 Å². The Bertz CT molecular complexity index is 912. The monoisotopic (exact) mass is 494 g/mol. The number of benzene rings is 2. The van der Waals surface area contributed by atoms with Gasteiger partial charge < -0.3 is 15.0 Å². The number of nitrogens with one attached hydrogen (secondary N) is 1. The summed E-state index contributed by atoms with van der Waals surface area (Å²) in [5.41, 5.74) is 1.36. The van der Waals surface area contributed by atoms with Crippen molar-refractivity contribution in [2.24, 2.45) is 0 Å². The quantitative estimate of drug-likeness (QED) is 0.580. The van der Waals surface area contributed by atoms with Crippen molar-refractivity contribution in [1.29, 1.82) is 0 Å². The van der Waals surface area contributed by atoms with Crippen LogP contribution in [0.4, 0.5) is 0 Å². The maximum atomic E-state index is 13.1. The number of hydrogen-bond acceptors (Lipinski definition) is 3. The van der Waals surface area contributed by atoms with Crippen LogP contribution in [0.15, 0.2) is 46.9 Å². The van der Waals surface area contributed by atoms with E-state index in [9.17, 15) is 9.59 Å². The van der Waals surface area contributed by atoms with Crippen molar-refractivity contribution in [2.75, 3.05) is 6.61 Å². The third kappa shape index (κ3) is 7.03. The molecule has 0 fully saturated rings. The molecule has 2 aromatic carbocycles. The molecule has 1 N–H and O–H groups in total. The second-order valence-electron chi connectivity index (χ2n) is 8.23. The lowest BCUT2D eigenvalue weighted by Gasteiger charge is -2.31. The summed E-state index contributed by atoms with van der Waals surface area (Å²) in [6, 6.07) is 12.1. The number of hydrogen-bond donors (Lipinski definition) is 1. The van der Waals surface area contributed by atoms with Crippen molar-refractivity contribution in [1.82, 2.24) is 10.2 Å². The number of ether oxygens (including phenoxy) is 1. The molecule has 0 unspecified atom stereocenters. The van der Waals surface area contributed by atoms with Crippen molar-refractivity contribution >= 4 is 39.3 Å². The molecule has 0 aliphatic heterocycles. The zero-order valence-electron chi connectivity index (χ0n) is 18.0. The van der Waals surface area contributed by atoms with E-state index in [0.29, 0.717) is 10.8 Å². The minimum absolute atomic E-state index is 0.182. The van der Waals surface area contributed by atoms with Crippen molar-refractivity contribution in [2.45, 2.75) is 52.7 Å². The molecule has 2 aromatic rings. The number of aryl methyl sites for hydroxylation is 1. The van der Waals surface area contributed by atoms with Gasteiger partial charge in [0.05, 0.1) is 0 Å². The van der Waals surface area contributed by atoms with E-state index in [4.69, 9.17) is 16.3 Å². The molecule has 0 spiro atoms. The third-order valence-electron chi connectivity index (χ3n) is 4.46. The summed E-state index contributed by atoms with van der Waals surface area (Å²) >= 11 is 9.74. The van der Waals surface area contributed by atoms with Gasteiger partial charge in [-0.25, -0.2) is 0 Å². The van der Waals surface area contributed by atoms with Gasteiger partial charge in [-0.3, -0.25) is 9.59 Å². The average molecular weight is 496 g/mol. The van der Waals surface area contributed by atoms with Gasteiger partial charge in [0.25, 0.3) is 5.91 Å². The van der Waals surface area contributed by atoms with Gasteiger partial charge in [-0.1, -0.05) is 45.7 Å². The minimum Gasteiger partial charge on any atom is -0.484 e. The Morgan fingerprint density at radius 3 is 2.47 bits per heavy atom. The Kier molecular flexibility index (Phi) is 8.33. The summed E-state index contributed by atoms with van der Waals surface area (Å²) in [4.78, 5) is 27.3. The van der Waals surface area contributed by atoms with E-state index in [0.717, 1.165) is 15.6 Å². The van der Waals surface area contributed by atoms with Crippen LogP contribution in [0, 0.1) is 6.92 Å². The smallest absolute Gasteiger partial charge is 0.261 e. The fraction of sp³-hybridized carbons (Fsp3) is 0.391. The predicted molar refractivity (Wildman–Crippen MR) is 124 cm³/mol. The molecular formula is C23H28BrClN2O3. The Hall–Kier alpha value is -2.05. The van der Waals surface area contributed by atoms with Crippen LogP contribution in [-0.4, -0.2) is 34.9 Å². The molecule has 0 bridgehead atoms. The fourth-order valence-corrected chi connectivity index (χ4v) is 3.24. The Morgan fingerprint density at radius 1 is 1.20 bits per heavy atom. The van der Waals surface area contributed by atoms with E-state index in [1.54, 1.807) is 19.1 Å². The van der Waals surface area contributed by atoms with Crippen molar-refractivity contribution in [3.8, 4) is 5.75 Å². The summed E-state index contributed by atoms with van der Waals surface area (Å²) in [6.07, 6.45) is 0. The highest BCUT2D eigenvalue weighted by Gasteiger charge is 2.29.